The number of carbonyl (C=O) groups excluding carboxylic acids is 3. The van der Waals surface area contributed by atoms with Crippen LogP contribution in [0.25, 0.3) is 10.2 Å². The van der Waals surface area contributed by atoms with Crippen molar-refractivity contribution in [2.75, 3.05) is 18.5 Å². The number of esters is 1. The minimum absolute atomic E-state index is 0.153. The number of para-hydroxylation sites is 1. The number of nitrogens with zero attached hydrogens (tertiary/aromatic N) is 1. The number of hydrogen-bond acceptors (Lipinski definition) is 6. The van der Waals surface area contributed by atoms with Gasteiger partial charge in [0.15, 0.2) is 6.61 Å². The molecule has 1 heterocycles. The summed E-state index contributed by atoms with van der Waals surface area (Å²) in [6.45, 7) is 1.96. The molecule has 3 rings (SSSR count). The quantitative estimate of drug-likeness (QED) is 0.555. The maximum absolute atomic E-state index is 12.0. The lowest BCUT2D eigenvalue weighted by Gasteiger charge is -2.08. The highest BCUT2D eigenvalue weighted by Crippen LogP contribution is 2.22. The number of amides is 2. The van der Waals surface area contributed by atoms with E-state index in [2.05, 4.69) is 15.6 Å². The average Bonchev–Trinajstić information content (AvgIpc) is 3.14. The average molecular weight is 411 g/mol. The number of hydrogen-bond donors (Lipinski definition) is 2. The van der Waals surface area contributed by atoms with Crippen LogP contribution in [0.15, 0.2) is 48.5 Å². The number of ether oxygens (including phenoxy) is 1. The van der Waals surface area contributed by atoms with Crippen LogP contribution in [0, 0.1) is 0 Å². The predicted octanol–water partition coefficient (Wildman–Crippen LogP) is 3.16. The highest BCUT2D eigenvalue weighted by Gasteiger charge is 2.11. The van der Waals surface area contributed by atoms with E-state index in [1.807, 2.05) is 31.2 Å². The molecule has 8 heteroatoms. The van der Waals surface area contributed by atoms with Crippen LogP contribution in [0.3, 0.4) is 0 Å². The van der Waals surface area contributed by atoms with Crippen LogP contribution in [0.4, 0.5) is 5.69 Å². The van der Waals surface area contributed by atoms with Crippen molar-refractivity contribution in [2.45, 2.75) is 19.8 Å². The Labute approximate surface area is 172 Å². The van der Waals surface area contributed by atoms with Gasteiger partial charge in [-0.3, -0.25) is 14.4 Å². The molecule has 0 atom stereocenters. The molecule has 3 aromatic rings. The number of fused-ring (bicyclic) bond motifs is 1. The smallest absolute Gasteiger partial charge is 0.306 e. The minimum Gasteiger partial charge on any atom is -0.456 e. The summed E-state index contributed by atoms with van der Waals surface area (Å²) in [7, 11) is 0. The van der Waals surface area contributed by atoms with Crippen molar-refractivity contribution in [3.8, 4) is 0 Å². The molecule has 29 heavy (non-hydrogen) atoms. The van der Waals surface area contributed by atoms with E-state index in [9.17, 15) is 14.4 Å². The molecule has 0 unspecified atom stereocenters. The molecule has 0 spiro atoms. The van der Waals surface area contributed by atoms with Gasteiger partial charge < -0.3 is 15.4 Å². The van der Waals surface area contributed by atoms with E-state index >= 15 is 0 Å². The molecular weight excluding hydrogens is 390 g/mol. The normalized spacial score (nSPS) is 10.5. The Kier molecular flexibility index (Phi) is 6.91. The van der Waals surface area contributed by atoms with Crippen molar-refractivity contribution < 1.29 is 19.1 Å². The fourth-order valence-electron chi connectivity index (χ4n) is 2.65. The molecule has 7 nitrogen and oxygen atoms in total. The molecule has 0 saturated carbocycles. The van der Waals surface area contributed by atoms with Gasteiger partial charge in [-0.05, 0) is 37.3 Å². The van der Waals surface area contributed by atoms with Crippen molar-refractivity contribution in [1.29, 1.82) is 0 Å². The summed E-state index contributed by atoms with van der Waals surface area (Å²) in [5, 5.41) is 6.17. The summed E-state index contributed by atoms with van der Waals surface area (Å²) >= 11 is 1.54. The minimum atomic E-state index is -0.466. The first-order valence-electron chi connectivity index (χ1n) is 9.23. The van der Waals surface area contributed by atoms with Crippen LogP contribution in [0.1, 0.15) is 28.7 Å². The summed E-state index contributed by atoms with van der Waals surface area (Å²) in [6.07, 6.45) is 0.619. The summed E-state index contributed by atoms with van der Waals surface area (Å²) in [5.41, 5.74) is 1.82. The second kappa shape index (κ2) is 9.79. The molecule has 0 bridgehead atoms. The molecule has 0 fully saturated rings. The van der Waals surface area contributed by atoms with Crippen LogP contribution < -0.4 is 10.6 Å². The Morgan fingerprint density at radius 1 is 1.10 bits per heavy atom. The largest absolute Gasteiger partial charge is 0.456 e. The molecule has 2 amide bonds. The van der Waals surface area contributed by atoms with Gasteiger partial charge in [-0.25, -0.2) is 4.98 Å². The number of thiazole rings is 1. The van der Waals surface area contributed by atoms with Gasteiger partial charge in [0.1, 0.15) is 0 Å². The molecule has 0 saturated heterocycles. The first-order chi connectivity index (χ1) is 14.0. The fraction of sp³-hybridized carbons (Fsp3) is 0.238. The summed E-state index contributed by atoms with van der Waals surface area (Å²) < 4.78 is 6.11. The third-order valence-electron chi connectivity index (χ3n) is 3.99. The van der Waals surface area contributed by atoms with Gasteiger partial charge in [0, 0.05) is 24.2 Å². The monoisotopic (exact) mass is 411 g/mol. The van der Waals surface area contributed by atoms with Crippen molar-refractivity contribution >= 4 is 45.0 Å². The van der Waals surface area contributed by atoms with E-state index in [0.717, 1.165) is 15.2 Å². The van der Waals surface area contributed by atoms with E-state index in [4.69, 9.17) is 4.74 Å². The molecule has 0 aliphatic heterocycles. The first-order valence-corrected chi connectivity index (χ1v) is 10.0. The molecular formula is C21H21N3O4S. The third-order valence-corrected chi connectivity index (χ3v) is 5.09. The maximum atomic E-state index is 12.0. The van der Waals surface area contributed by atoms with E-state index in [1.165, 1.54) is 0 Å². The van der Waals surface area contributed by atoms with E-state index in [0.29, 0.717) is 24.2 Å². The van der Waals surface area contributed by atoms with Gasteiger partial charge in [0.05, 0.1) is 21.6 Å². The standard InChI is InChI=1S/C21H21N3O4S/c1-2-22-21(27)14-6-5-7-15(12-14)23-18(25)13-28-20(26)11-10-19-24-16-8-3-4-9-17(16)29-19/h3-9,12H,2,10-11,13H2,1H3,(H,22,27)(H,23,25). The highest BCUT2D eigenvalue weighted by atomic mass is 32.1. The van der Waals surface area contributed by atoms with Gasteiger partial charge >= 0.3 is 5.97 Å². The zero-order valence-electron chi connectivity index (χ0n) is 15.9. The van der Waals surface area contributed by atoms with Crippen LogP contribution in [-0.2, 0) is 20.7 Å². The number of anilines is 1. The third kappa shape index (κ3) is 5.86. The first kappa shape index (κ1) is 20.5. The van der Waals surface area contributed by atoms with E-state index in [1.54, 1.807) is 35.6 Å². The number of nitrogens with one attached hydrogen (secondary N) is 2. The number of carbonyl (C=O) groups is 3. The highest BCUT2D eigenvalue weighted by molar-refractivity contribution is 7.18. The number of aryl methyl sites for hydroxylation is 1. The Morgan fingerprint density at radius 2 is 1.93 bits per heavy atom. The van der Waals surface area contributed by atoms with Crippen LogP contribution in [0.2, 0.25) is 0 Å². The molecule has 2 N–H and O–H groups in total. The van der Waals surface area contributed by atoms with Crippen molar-refractivity contribution in [3.63, 3.8) is 0 Å². The van der Waals surface area contributed by atoms with Gasteiger partial charge in [0.25, 0.3) is 11.8 Å². The van der Waals surface area contributed by atoms with Crippen molar-refractivity contribution in [2.24, 2.45) is 0 Å². The molecule has 0 aliphatic rings. The zero-order valence-corrected chi connectivity index (χ0v) is 16.8. The summed E-state index contributed by atoms with van der Waals surface area (Å²) in [6, 6.07) is 14.3. The second-order valence-electron chi connectivity index (χ2n) is 6.22. The molecule has 1 aromatic heterocycles. The van der Waals surface area contributed by atoms with Crippen LogP contribution >= 0.6 is 11.3 Å². The lowest BCUT2D eigenvalue weighted by atomic mass is 10.2. The number of benzene rings is 2. The Hall–Kier alpha value is -3.26. The lowest BCUT2D eigenvalue weighted by Crippen LogP contribution is -2.23. The van der Waals surface area contributed by atoms with Crippen molar-refractivity contribution in [3.05, 3.63) is 59.1 Å². The Balaban J connectivity index is 1.44. The predicted molar refractivity (Wildman–Crippen MR) is 112 cm³/mol. The number of rotatable bonds is 8. The lowest BCUT2D eigenvalue weighted by molar-refractivity contribution is -0.147. The van der Waals surface area contributed by atoms with Gasteiger partial charge in [-0.15, -0.1) is 11.3 Å². The maximum Gasteiger partial charge on any atom is 0.306 e. The van der Waals surface area contributed by atoms with Gasteiger partial charge in [0.2, 0.25) is 0 Å². The number of aromatic nitrogens is 1. The summed E-state index contributed by atoms with van der Waals surface area (Å²) in [4.78, 5) is 40.3. The Bertz CT molecular complexity index is 998. The molecule has 0 aliphatic carbocycles. The topological polar surface area (TPSA) is 97.4 Å². The SMILES string of the molecule is CCNC(=O)c1cccc(NC(=O)COC(=O)CCc2nc3ccccc3s2)c1. The van der Waals surface area contributed by atoms with Crippen molar-refractivity contribution in [1.82, 2.24) is 10.3 Å². The molecule has 0 radical (unpaired) electrons. The van der Waals surface area contributed by atoms with Gasteiger partial charge in [-0.2, -0.15) is 0 Å². The van der Waals surface area contributed by atoms with Crippen LogP contribution in [0.5, 0.6) is 0 Å². The van der Waals surface area contributed by atoms with Crippen LogP contribution in [-0.4, -0.2) is 35.9 Å². The van der Waals surface area contributed by atoms with E-state index in [-0.39, 0.29) is 18.9 Å². The van der Waals surface area contributed by atoms with Gasteiger partial charge in [-0.1, -0.05) is 18.2 Å². The molecule has 2 aromatic carbocycles. The zero-order chi connectivity index (χ0) is 20.6. The second-order valence-corrected chi connectivity index (χ2v) is 7.34. The Morgan fingerprint density at radius 3 is 2.72 bits per heavy atom. The molecule has 150 valence electrons. The fourth-order valence-corrected chi connectivity index (χ4v) is 3.62. The van der Waals surface area contributed by atoms with E-state index < -0.39 is 11.9 Å². The summed E-state index contributed by atoms with van der Waals surface area (Å²) in [5.74, 6) is -1.15.